The molecule has 0 atom stereocenters. The number of alkyl halides is 3. The molecule has 0 aliphatic heterocycles. The van der Waals surface area contributed by atoms with Crippen LogP contribution in [0, 0.1) is 12.7 Å². The van der Waals surface area contributed by atoms with Crippen LogP contribution in [0.4, 0.5) is 23.2 Å². The topological polar surface area (TPSA) is 46.9 Å². The third kappa shape index (κ3) is 3.58. The Hall–Kier alpha value is -3.16. The third-order valence-corrected chi connectivity index (χ3v) is 3.69. The average molecular weight is 363 g/mol. The Morgan fingerprint density at radius 1 is 1.08 bits per heavy atom. The largest absolute Gasteiger partial charge is 0.434 e. The maximum atomic E-state index is 13.6. The van der Waals surface area contributed by atoms with Crippen molar-refractivity contribution < 1.29 is 22.4 Å². The van der Waals surface area contributed by atoms with Gasteiger partial charge in [0, 0.05) is 17.6 Å². The van der Waals surface area contributed by atoms with Gasteiger partial charge in [0.15, 0.2) is 5.69 Å². The first-order valence-corrected chi connectivity index (χ1v) is 7.55. The van der Waals surface area contributed by atoms with E-state index in [9.17, 15) is 22.4 Å². The SMILES string of the molecule is Cc1nc(C(F)(F)F)cn1-c1ccc(NC(=O)c2ccccc2F)cc1. The Morgan fingerprint density at radius 2 is 1.73 bits per heavy atom. The van der Waals surface area contributed by atoms with Crippen LogP contribution in [-0.2, 0) is 6.18 Å². The van der Waals surface area contributed by atoms with Crippen LogP contribution in [0.3, 0.4) is 0 Å². The molecule has 3 rings (SSSR count). The number of hydrogen-bond donors (Lipinski definition) is 1. The summed E-state index contributed by atoms with van der Waals surface area (Å²) in [6.07, 6.45) is -3.62. The van der Waals surface area contributed by atoms with Crippen molar-refractivity contribution in [2.75, 3.05) is 5.32 Å². The Labute approximate surface area is 146 Å². The molecule has 0 bridgehead atoms. The summed E-state index contributed by atoms with van der Waals surface area (Å²) in [5.74, 6) is -1.08. The lowest BCUT2D eigenvalue weighted by atomic mass is 10.2. The number of halogens is 4. The smallest absolute Gasteiger partial charge is 0.322 e. The number of carbonyl (C=O) groups is 1. The number of aromatic nitrogens is 2. The summed E-state index contributed by atoms with van der Waals surface area (Å²) < 4.78 is 53.1. The van der Waals surface area contributed by atoms with Gasteiger partial charge in [0.25, 0.3) is 5.91 Å². The van der Waals surface area contributed by atoms with E-state index in [4.69, 9.17) is 0 Å². The fraction of sp³-hybridized carbons (Fsp3) is 0.111. The maximum absolute atomic E-state index is 13.6. The van der Waals surface area contributed by atoms with Crippen LogP contribution < -0.4 is 5.32 Å². The van der Waals surface area contributed by atoms with Gasteiger partial charge in [-0.3, -0.25) is 4.79 Å². The first kappa shape index (κ1) is 17.7. The molecule has 3 aromatic rings. The number of hydrogen-bond acceptors (Lipinski definition) is 2. The van der Waals surface area contributed by atoms with Crippen LogP contribution in [0.1, 0.15) is 21.9 Å². The van der Waals surface area contributed by atoms with Crippen molar-refractivity contribution in [3.8, 4) is 5.69 Å². The molecule has 8 heteroatoms. The molecule has 1 N–H and O–H groups in total. The lowest BCUT2D eigenvalue weighted by Crippen LogP contribution is -2.13. The summed E-state index contributed by atoms with van der Waals surface area (Å²) in [6.45, 7) is 1.46. The Morgan fingerprint density at radius 3 is 2.31 bits per heavy atom. The van der Waals surface area contributed by atoms with E-state index in [2.05, 4.69) is 10.3 Å². The van der Waals surface area contributed by atoms with Gasteiger partial charge in [0.05, 0.1) is 5.56 Å². The standard InChI is InChI=1S/C18H13F4N3O/c1-11-23-16(18(20,21)22)10-25(11)13-8-6-12(7-9-13)24-17(26)14-4-2-3-5-15(14)19/h2-10H,1H3,(H,24,26). The van der Waals surface area contributed by atoms with Gasteiger partial charge in [-0.2, -0.15) is 13.2 Å². The van der Waals surface area contributed by atoms with E-state index < -0.39 is 23.6 Å². The Balaban J connectivity index is 1.80. The number of benzene rings is 2. The summed E-state index contributed by atoms with van der Waals surface area (Å²) in [6, 6.07) is 11.6. The van der Waals surface area contributed by atoms with Gasteiger partial charge in [-0.25, -0.2) is 9.37 Å². The van der Waals surface area contributed by atoms with Crippen LogP contribution in [0.25, 0.3) is 5.69 Å². The minimum atomic E-state index is -4.52. The molecule has 0 unspecified atom stereocenters. The van der Waals surface area contributed by atoms with Crippen molar-refractivity contribution in [1.82, 2.24) is 9.55 Å². The lowest BCUT2D eigenvalue weighted by Gasteiger charge is -2.09. The van der Waals surface area contributed by atoms with Gasteiger partial charge in [0.2, 0.25) is 0 Å². The molecule has 1 amide bonds. The van der Waals surface area contributed by atoms with E-state index in [1.165, 1.54) is 54.0 Å². The number of imidazole rings is 1. The Kier molecular flexibility index (Phi) is 4.50. The predicted molar refractivity (Wildman–Crippen MR) is 87.7 cm³/mol. The van der Waals surface area contributed by atoms with Crippen molar-refractivity contribution in [2.24, 2.45) is 0 Å². The molecule has 4 nitrogen and oxygen atoms in total. The number of aryl methyl sites for hydroxylation is 1. The zero-order chi connectivity index (χ0) is 18.9. The molecule has 0 fully saturated rings. The van der Waals surface area contributed by atoms with Gasteiger partial charge in [-0.15, -0.1) is 0 Å². The molecule has 26 heavy (non-hydrogen) atoms. The van der Waals surface area contributed by atoms with Gasteiger partial charge < -0.3 is 9.88 Å². The van der Waals surface area contributed by atoms with Gasteiger partial charge in [-0.1, -0.05) is 12.1 Å². The summed E-state index contributed by atoms with van der Waals surface area (Å²) in [5, 5.41) is 2.54. The van der Waals surface area contributed by atoms with Gasteiger partial charge in [-0.05, 0) is 43.3 Å². The van der Waals surface area contributed by atoms with Crippen LogP contribution in [0.15, 0.2) is 54.7 Å². The van der Waals surface area contributed by atoms with Crippen LogP contribution in [-0.4, -0.2) is 15.5 Å². The van der Waals surface area contributed by atoms with Gasteiger partial charge in [0.1, 0.15) is 11.6 Å². The number of carbonyl (C=O) groups excluding carboxylic acids is 1. The van der Waals surface area contributed by atoms with E-state index in [0.717, 1.165) is 6.20 Å². The number of nitrogens with one attached hydrogen (secondary N) is 1. The number of rotatable bonds is 3. The highest BCUT2D eigenvalue weighted by atomic mass is 19.4. The molecule has 0 spiro atoms. The van der Waals surface area contributed by atoms with Gasteiger partial charge >= 0.3 is 6.18 Å². The van der Waals surface area contributed by atoms with Crippen LogP contribution in [0.5, 0.6) is 0 Å². The van der Waals surface area contributed by atoms with E-state index >= 15 is 0 Å². The molecule has 0 saturated carbocycles. The Bertz CT molecular complexity index is 946. The van der Waals surface area contributed by atoms with E-state index in [1.807, 2.05) is 0 Å². The first-order chi connectivity index (χ1) is 12.3. The second-order valence-electron chi connectivity index (χ2n) is 5.52. The number of nitrogens with zero attached hydrogens (tertiary/aromatic N) is 2. The zero-order valence-corrected chi connectivity index (χ0v) is 13.5. The quantitative estimate of drug-likeness (QED) is 0.692. The third-order valence-electron chi connectivity index (χ3n) is 3.69. The fourth-order valence-corrected chi connectivity index (χ4v) is 2.42. The summed E-state index contributed by atoms with van der Waals surface area (Å²) in [7, 11) is 0. The van der Waals surface area contributed by atoms with E-state index in [0.29, 0.717) is 11.4 Å². The highest BCUT2D eigenvalue weighted by Gasteiger charge is 2.34. The van der Waals surface area contributed by atoms with Crippen LogP contribution >= 0.6 is 0 Å². The normalized spacial score (nSPS) is 11.4. The maximum Gasteiger partial charge on any atom is 0.434 e. The second kappa shape index (κ2) is 6.62. The van der Waals surface area contributed by atoms with Crippen molar-refractivity contribution >= 4 is 11.6 Å². The zero-order valence-electron chi connectivity index (χ0n) is 13.5. The van der Waals surface area contributed by atoms with E-state index in [1.54, 1.807) is 6.07 Å². The van der Waals surface area contributed by atoms with Crippen molar-refractivity contribution in [3.63, 3.8) is 0 Å². The summed E-state index contributed by atoms with van der Waals surface area (Å²) in [5.41, 5.74) is -0.242. The first-order valence-electron chi connectivity index (χ1n) is 7.55. The summed E-state index contributed by atoms with van der Waals surface area (Å²) >= 11 is 0. The molecule has 0 saturated heterocycles. The summed E-state index contributed by atoms with van der Waals surface area (Å²) in [4.78, 5) is 15.6. The molecule has 1 heterocycles. The molecule has 0 radical (unpaired) electrons. The lowest BCUT2D eigenvalue weighted by molar-refractivity contribution is -0.141. The molecule has 134 valence electrons. The molecular formula is C18H13F4N3O. The number of anilines is 1. The minimum absolute atomic E-state index is 0.100. The average Bonchev–Trinajstić information content (AvgIpc) is 2.98. The highest BCUT2D eigenvalue weighted by Crippen LogP contribution is 2.29. The number of amides is 1. The second-order valence-corrected chi connectivity index (χ2v) is 5.52. The van der Waals surface area contributed by atoms with E-state index in [-0.39, 0.29) is 11.4 Å². The highest BCUT2D eigenvalue weighted by molar-refractivity contribution is 6.04. The molecule has 1 aromatic heterocycles. The fourth-order valence-electron chi connectivity index (χ4n) is 2.42. The molecule has 2 aromatic carbocycles. The van der Waals surface area contributed by atoms with Crippen molar-refractivity contribution in [2.45, 2.75) is 13.1 Å². The molecular weight excluding hydrogens is 350 g/mol. The monoisotopic (exact) mass is 363 g/mol. The molecule has 0 aliphatic carbocycles. The van der Waals surface area contributed by atoms with Crippen molar-refractivity contribution in [3.05, 3.63) is 77.6 Å². The van der Waals surface area contributed by atoms with Crippen LogP contribution in [0.2, 0.25) is 0 Å². The minimum Gasteiger partial charge on any atom is -0.322 e. The molecule has 0 aliphatic rings. The van der Waals surface area contributed by atoms with Crippen molar-refractivity contribution in [1.29, 1.82) is 0 Å². The predicted octanol–water partition coefficient (Wildman–Crippen LogP) is 4.59.